The minimum atomic E-state index is -0.841. The maximum atomic E-state index is 12.9. The second kappa shape index (κ2) is 7.13. The van der Waals surface area contributed by atoms with Gasteiger partial charge in [-0.05, 0) is 56.1 Å². The molecule has 0 aliphatic rings. The van der Waals surface area contributed by atoms with E-state index in [1.165, 1.54) is 12.1 Å². The Bertz CT molecular complexity index is 1390. The van der Waals surface area contributed by atoms with Crippen molar-refractivity contribution in [1.29, 1.82) is 0 Å². The molecule has 0 bridgehead atoms. The van der Waals surface area contributed by atoms with E-state index in [0.29, 0.717) is 5.56 Å². The topological polar surface area (TPSA) is 72.8 Å². The molecule has 0 atom stereocenters. The van der Waals surface area contributed by atoms with Gasteiger partial charge in [0.1, 0.15) is 6.61 Å². The summed E-state index contributed by atoms with van der Waals surface area (Å²) in [6, 6.07) is 24.4. The molecule has 0 aromatic heterocycles. The number of carbonyl (C=O) groups is 2. The van der Waals surface area contributed by atoms with Crippen LogP contribution >= 0.6 is 0 Å². The largest absolute Gasteiger partial charge is 0.457 e. The normalized spacial score (nSPS) is 11.2. The highest BCUT2D eigenvalue weighted by Crippen LogP contribution is 2.36. The van der Waals surface area contributed by atoms with E-state index in [9.17, 15) is 9.59 Å². The van der Waals surface area contributed by atoms with Crippen molar-refractivity contribution in [1.82, 2.24) is 0 Å². The van der Waals surface area contributed by atoms with Crippen molar-refractivity contribution in [3.05, 3.63) is 95.6 Å². The Kier molecular flexibility index (Phi) is 4.30. The SMILES string of the molecule is O=C(OO)c1ccc(COC(=O)c2ccc3ccc4cccc5ccc2c3c45)cc1. The maximum absolute atomic E-state index is 12.9. The van der Waals surface area contributed by atoms with E-state index in [2.05, 4.69) is 29.2 Å². The van der Waals surface area contributed by atoms with Crippen LogP contribution in [0, 0.1) is 0 Å². The monoisotopic (exact) mass is 396 g/mol. The first-order valence-electron chi connectivity index (χ1n) is 9.44. The van der Waals surface area contributed by atoms with Gasteiger partial charge in [0, 0.05) is 0 Å². The van der Waals surface area contributed by atoms with E-state index in [0.717, 1.165) is 37.9 Å². The molecule has 0 heterocycles. The summed E-state index contributed by atoms with van der Waals surface area (Å²) >= 11 is 0. The summed E-state index contributed by atoms with van der Waals surface area (Å²) in [4.78, 5) is 27.8. The van der Waals surface area contributed by atoms with E-state index < -0.39 is 11.9 Å². The Labute approximate surface area is 171 Å². The highest BCUT2D eigenvalue weighted by atomic mass is 17.1. The Hall–Kier alpha value is -3.96. The van der Waals surface area contributed by atoms with Gasteiger partial charge in [-0.2, -0.15) is 5.26 Å². The average molecular weight is 396 g/mol. The van der Waals surface area contributed by atoms with Crippen LogP contribution in [0.3, 0.4) is 0 Å². The van der Waals surface area contributed by atoms with Crippen LogP contribution in [0.1, 0.15) is 26.3 Å². The van der Waals surface area contributed by atoms with Crippen LogP contribution in [0.2, 0.25) is 0 Å². The molecular weight excluding hydrogens is 380 g/mol. The number of benzene rings is 5. The lowest BCUT2D eigenvalue weighted by atomic mass is 9.92. The van der Waals surface area contributed by atoms with Crippen molar-refractivity contribution >= 4 is 44.3 Å². The molecule has 0 amide bonds. The zero-order chi connectivity index (χ0) is 20.7. The molecule has 5 aromatic rings. The molecule has 0 saturated heterocycles. The van der Waals surface area contributed by atoms with Crippen LogP contribution < -0.4 is 0 Å². The third-order valence-electron chi connectivity index (χ3n) is 5.39. The maximum Gasteiger partial charge on any atom is 0.372 e. The molecular formula is C25H16O5. The summed E-state index contributed by atoms with van der Waals surface area (Å²) < 4.78 is 5.53. The average Bonchev–Trinajstić information content (AvgIpc) is 2.80. The van der Waals surface area contributed by atoms with Crippen LogP contribution in [-0.2, 0) is 16.2 Å². The van der Waals surface area contributed by atoms with Crippen molar-refractivity contribution in [3.63, 3.8) is 0 Å². The Morgan fingerprint density at radius 1 is 0.700 bits per heavy atom. The summed E-state index contributed by atoms with van der Waals surface area (Å²) in [6.45, 7) is 0.0647. The zero-order valence-corrected chi connectivity index (χ0v) is 15.8. The zero-order valence-electron chi connectivity index (χ0n) is 15.8. The van der Waals surface area contributed by atoms with Gasteiger partial charge in [-0.3, -0.25) is 4.89 Å². The van der Waals surface area contributed by atoms with Gasteiger partial charge in [0.15, 0.2) is 0 Å². The van der Waals surface area contributed by atoms with E-state index in [1.807, 2.05) is 24.3 Å². The van der Waals surface area contributed by atoms with Gasteiger partial charge in [-0.25, -0.2) is 9.59 Å². The molecule has 0 aliphatic heterocycles. The minimum absolute atomic E-state index is 0.0647. The van der Waals surface area contributed by atoms with Gasteiger partial charge in [-0.1, -0.05) is 60.7 Å². The molecule has 0 saturated carbocycles. The van der Waals surface area contributed by atoms with Crippen molar-refractivity contribution in [2.75, 3.05) is 0 Å². The predicted octanol–water partition coefficient (Wildman–Crippen LogP) is 5.57. The van der Waals surface area contributed by atoms with E-state index >= 15 is 0 Å². The van der Waals surface area contributed by atoms with Gasteiger partial charge in [0.05, 0.1) is 11.1 Å². The molecule has 30 heavy (non-hydrogen) atoms. The molecule has 5 nitrogen and oxygen atoms in total. The first kappa shape index (κ1) is 18.1. The molecule has 0 aliphatic carbocycles. The Balaban J connectivity index is 1.47. The fraction of sp³-hybridized carbons (Fsp3) is 0.0400. The summed E-state index contributed by atoms with van der Waals surface area (Å²) in [5.74, 6) is -1.25. The summed E-state index contributed by atoms with van der Waals surface area (Å²) in [7, 11) is 0. The van der Waals surface area contributed by atoms with Crippen LogP contribution in [0.25, 0.3) is 32.3 Å². The lowest BCUT2D eigenvalue weighted by molar-refractivity contribution is -0.182. The molecule has 0 spiro atoms. The first-order valence-corrected chi connectivity index (χ1v) is 9.44. The van der Waals surface area contributed by atoms with Crippen LogP contribution in [0.4, 0.5) is 0 Å². The summed E-state index contributed by atoms with van der Waals surface area (Å²) in [5.41, 5.74) is 1.44. The van der Waals surface area contributed by atoms with E-state index in [1.54, 1.807) is 18.2 Å². The van der Waals surface area contributed by atoms with Crippen molar-refractivity contribution in [2.24, 2.45) is 0 Å². The lowest BCUT2D eigenvalue weighted by Crippen LogP contribution is -2.07. The van der Waals surface area contributed by atoms with Gasteiger partial charge in [0.2, 0.25) is 0 Å². The number of rotatable bonds is 4. The van der Waals surface area contributed by atoms with Gasteiger partial charge < -0.3 is 4.74 Å². The lowest BCUT2D eigenvalue weighted by Gasteiger charge is -2.13. The number of carbonyl (C=O) groups excluding carboxylic acids is 2. The van der Waals surface area contributed by atoms with Gasteiger partial charge >= 0.3 is 11.9 Å². The van der Waals surface area contributed by atoms with Crippen LogP contribution in [-0.4, -0.2) is 17.2 Å². The van der Waals surface area contributed by atoms with Crippen molar-refractivity contribution in [3.8, 4) is 0 Å². The molecule has 5 aromatic carbocycles. The fourth-order valence-electron chi connectivity index (χ4n) is 3.93. The molecule has 1 N–H and O–H groups in total. The van der Waals surface area contributed by atoms with Crippen LogP contribution in [0.15, 0.2) is 78.9 Å². The molecule has 146 valence electrons. The quantitative estimate of drug-likeness (QED) is 0.186. The summed E-state index contributed by atoms with van der Waals surface area (Å²) in [5, 5.41) is 14.9. The highest BCUT2D eigenvalue weighted by molar-refractivity contribution is 6.25. The minimum Gasteiger partial charge on any atom is -0.457 e. The molecule has 0 radical (unpaired) electrons. The number of hydrogen-bond acceptors (Lipinski definition) is 5. The van der Waals surface area contributed by atoms with Crippen molar-refractivity contribution < 1.29 is 24.5 Å². The molecule has 5 rings (SSSR count). The Morgan fingerprint density at radius 2 is 1.33 bits per heavy atom. The second-order valence-corrected chi connectivity index (χ2v) is 7.12. The predicted molar refractivity (Wildman–Crippen MR) is 114 cm³/mol. The van der Waals surface area contributed by atoms with E-state index in [-0.39, 0.29) is 12.2 Å². The first-order chi connectivity index (χ1) is 14.7. The van der Waals surface area contributed by atoms with Crippen molar-refractivity contribution in [2.45, 2.75) is 6.61 Å². The standard InChI is InChI=1S/C25H16O5/c26-24(30-28)19-6-4-15(5-7-19)14-29-25(27)21-13-11-18-9-8-16-2-1-3-17-10-12-20(21)23(18)22(16)17/h1-13,28H,14H2. The smallest absolute Gasteiger partial charge is 0.372 e. The highest BCUT2D eigenvalue weighted by Gasteiger charge is 2.16. The third-order valence-corrected chi connectivity index (χ3v) is 5.39. The van der Waals surface area contributed by atoms with E-state index in [4.69, 9.17) is 9.99 Å². The molecule has 0 fully saturated rings. The van der Waals surface area contributed by atoms with Crippen LogP contribution in [0.5, 0.6) is 0 Å². The second-order valence-electron chi connectivity index (χ2n) is 7.12. The summed E-state index contributed by atoms with van der Waals surface area (Å²) in [6.07, 6.45) is 0. The third kappa shape index (κ3) is 2.93. The Morgan fingerprint density at radius 3 is 2.03 bits per heavy atom. The molecule has 5 heteroatoms. The number of hydrogen-bond donors (Lipinski definition) is 1. The number of esters is 1. The van der Waals surface area contributed by atoms with Gasteiger partial charge in [-0.15, -0.1) is 0 Å². The fourth-order valence-corrected chi connectivity index (χ4v) is 3.93. The number of ether oxygens (including phenoxy) is 1. The molecule has 0 unspecified atom stereocenters. The van der Waals surface area contributed by atoms with Gasteiger partial charge in [0.25, 0.3) is 0 Å².